The second-order valence-corrected chi connectivity index (χ2v) is 8.49. The predicted octanol–water partition coefficient (Wildman–Crippen LogP) is 4.19. The summed E-state index contributed by atoms with van der Waals surface area (Å²) in [4.78, 5) is 21.9. The van der Waals surface area contributed by atoms with E-state index in [-0.39, 0.29) is 11.5 Å². The molecule has 0 amide bonds. The van der Waals surface area contributed by atoms with Crippen molar-refractivity contribution >= 4 is 17.3 Å². The van der Waals surface area contributed by atoms with Crippen LogP contribution in [0.4, 0.5) is 16.2 Å². The van der Waals surface area contributed by atoms with Crippen LogP contribution in [-0.2, 0) is 6.42 Å². The number of nitrogens with zero attached hydrogens (tertiary/aromatic N) is 4. The molecule has 0 atom stereocenters. The Kier molecular flexibility index (Phi) is 5.46. The fraction of sp³-hybridized carbons (Fsp3) is 0.231. The number of pyridine rings is 2. The van der Waals surface area contributed by atoms with Crippen molar-refractivity contribution in [3.8, 4) is 17.2 Å². The zero-order valence-corrected chi connectivity index (χ0v) is 18.7. The molecule has 1 fully saturated rings. The Morgan fingerprint density at radius 3 is 2.68 bits per heavy atom. The van der Waals surface area contributed by atoms with Crippen molar-refractivity contribution in [3.05, 3.63) is 87.2 Å². The highest BCUT2D eigenvalue weighted by atomic mass is 19.1. The average molecular weight is 455 g/mol. The van der Waals surface area contributed by atoms with Crippen LogP contribution in [0.15, 0.2) is 53.5 Å². The standard InChI is InChI=1S/C26H23FN6O/c1-15-20(13-28)24(32-26(29)31-15)30-12-11-19-22(17-7-8-17)21-10-9-18(27)14-33(21)25(34)23(19)16-5-3-2-4-6-16/h2-6,9-10,14,17H,7-8,11-12H2,1H3,(H3,29,30,31,32). The largest absolute Gasteiger partial charge is 0.368 e. The minimum Gasteiger partial charge on any atom is -0.368 e. The van der Waals surface area contributed by atoms with Crippen LogP contribution < -0.4 is 16.6 Å². The zero-order chi connectivity index (χ0) is 23.8. The normalized spacial score (nSPS) is 13.1. The number of benzene rings is 1. The number of nitrogens with two attached hydrogens (primary N) is 1. The molecule has 170 valence electrons. The summed E-state index contributed by atoms with van der Waals surface area (Å²) < 4.78 is 15.5. The molecule has 34 heavy (non-hydrogen) atoms. The molecule has 1 aliphatic rings. The molecule has 1 aliphatic carbocycles. The summed E-state index contributed by atoms with van der Waals surface area (Å²) in [6.07, 6.45) is 3.84. The van der Waals surface area contributed by atoms with E-state index in [1.165, 1.54) is 16.7 Å². The van der Waals surface area contributed by atoms with Crippen LogP contribution in [0.1, 0.15) is 41.1 Å². The maximum absolute atomic E-state index is 14.1. The fourth-order valence-corrected chi connectivity index (χ4v) is 4.55. The van der Waals surface area contributed by atoms with Crippen molar-refractivity contribution in [2.75, 3.05) is 17.6 Å². The Labute approximate surface area is 195 Å². The number of nitriles is 1. The van der Waals surface area contributed by atoms with E-state index in [0.717, 1.165) is 35.0 Å². The molecule has 1 saturated carbocycles. The molecule has 0 bridgehead atoms. The summed E-state index contributed by atoms with van der Waals surface area (Å²) in [5, 5.41) is 12.7. The van der Waals surface area contributed by atoms with Crippen LogP contribution in [0, 0.1) is 24.1 Å². The molecule has 0 unspecified atom stereocenters. The van der Waals surface area contributed by atoms with Gasteiger partial charge in [0.05, 0.1) is 16.8 Å². The molecule has 0 aliphatic heterocycles. The number of nitrogen functional groups attached to an aromatic ring is 1. The number of hydrogen-bond acceptors (Lipinski definition) is 6. The highest BCUT2D eigenvalue weighted by Crippen LogP contribution is 2.45. The third kappa shape index (κ3) is 3.86. The van der Waals surface area contributed by atoms with E-state index in [4.69, 9.17) is 5.73 Å². The number of aromatic nitrogens is 3. The lowest BCUT2D eigenvalue weighted by Gasteiger charge is -2.19. The molecule has 0 saturated heterocycles. The number of rotatable bonds is 6. The summed E-state index contributed by atoms with van der Waals surface area (Å²) >= 11 is 0. The first-order valence-corrected chi connectivity index (χ1v) is 11.2. The van der Waals surface area contributed by atoms with Gasteiger partial charge in [0.2, 0.25) is 5.95 Å². The summed E-state index contributed by atoms with van der Waals surface area (Å²) in [6.45, 7) is 2.14. The minimum absolute atomic E-state index is 0.0913. The molecule has 8 heteroatoms. The van der Waals surface area contributed by atoms with E-state index in [2.05, 4.69) is 21.4 Å². The van der Waals surface area contributed by atoms with Crippen LogP contribution in [0.3, 0.4) is 0 Å². The zero-order valence-electron chi connectivity index (χ0n) is 18.7. The molecule has 0 spiro atoms. The molecular weight excluding hydrogens is 431 g/mol. The molecule has 3 aromatic heterocycles. The Balaban J connectivity index is 1.63. The van der Waals surface area contributed by atoms with Crippen LogP contribution in [0.5, 0.6) is 0 Å². The van der Waals surface area contributed by atoms with Crippen LogP contribution in [-0.4, -0.2) is 20.9 Å². The fourth-order valence-electron chi connectivity index (χ4n) is 4.55. The first-order valence-electron chi connectivity index (χ1n) is 11.2. The lowest BCUT2D eigenvalue weighted by molar-refractivity contribution is 0.618. The van der Waals surface area contributed by atoms with Gasteiger partial charge in [-0.05, 0) is 60.9 Å². The Bertz CT molecular complexity index is 1500. The molecule has 1 aromatic carbocycles. The SMILES string of the molecule is Cc1nc(N)nc(NCCc2c(-c3ccccc3)c(=O)n3cc(F)ccc3c2C2CC2)c1C#N. The maximum atomic E-state index is 14.1. The van der Waals surface area contributed by atoms with Crippen molar-refractivity contribution < 1.29 is 4.39 Å². The van der Waals surface area contributed by atoms with Crippen molar-refractivity contribution in [1.29, 1.82) is 5.26 Å². The highest BCUT2D eigenvalue weighted by Gasteiger charge is 2.31. The van der Waals surface area contributed by atoms with Crippen molar-refractivity contribution in [1.82, 2.24) is 14.4 Å². The monoisotopic (exact) mass is 454 g/mol. The quantitative estimate of drug-likeness (QED) is 0.452. The smallest absolute Gasteiger partial charge is 0.263 e. The van der Waals surface area contributed by atoms with Crippen LogP contribution >= 0.6 is 0 Å². The van der Waals surface area contributed by atoms with Crippen LogP contribution in [0.25, 0.3) is 16.6 Å². The highest BCUT2D eigenvalue weighted by molar-refractivity contribution is 5.75. The van der Waals surface area contributed by atoms with E-state index in [1.54, 1.807) is 13.0 Å². The van der Waals surface area contributed by atoms with Gasteiger partial charge >= 0.3 is 0 Å². The van der Waals surface area contributed by atoms with Crippen molar-refractivity contribution in [2.24, 2.45) is 0 Å². The minimum atomic E-state index is -0.453. The van der Waals surface area contributed by atoms with Gasteiger partial charge in [-0.15, -0.1) is 0 Å². The van der Waals surface area contributed by atoms with E-state index in [1.807, 2.05) is 30.3 Å². The molecule has 0 radical (unpaired) electrons. The van der Waals surface area contributed by atoms with E-state index < -0.39 is 5.82 Å². The number of aryl methyl sites for hydroxylation is 1. The van der Waals surface area contributed by atoms with Gasteiger partial charge in [-0.2, -0.15) is 10.2 Å². The van der Waals surface area contributed by atoms with Gasteiger partial charge in [0.15, 0.2) is 0 Å². The van der Waals surface area contributed by atoms with Gasteiger partial charge in [0, 0.05) is 12.7 Å². The average Bonchev–Trinajstić information content (AvgIpc) is 3.65. The molecule has 7 nitrogen and oxygen atoms in total. The topological polar surface area (TPSA) is 109 Å². The summed E-state index contributed by atoms with van der Waals surface area (Å²) in [7, 11) is 0. The summed E-state index contributed by atoms with van der Waals surface area (Å²) in [5.41, 5.74) is 10.5. The summed E-state index contributed by atoms with van der Waals surface area (Å²) in [5.74, 6) is 0.339. The second kappa shape index (κ2) is 8.60. The number of halogens is 1. The predicted molar refractivity (Wildman–Crippen MR) is 129 cm³/mol. The first kappa shape index (κ1) is 21.6. The molecule has 4 aromatic rings. The number of nitrogens with one attached hydrogen (secondary N) is 1. The number of anilines is 2. The van der Waals surface area contributed by atoms with Crippen molar-refractivity contribution in [3.63, 3.8) is 0 Å². The third-order valence-corrected chi connectivity index (χ3v) is 6.18. The van der Waals surface area contributed by atoms with Crippen molar-refractivity contribution in [2.45, 2.75) is 32.1 Å². The summed E-state index contributed by atoms with van der Waals surface area (Å²) in [6, 6.07) is 14.7. The van der Waals surface area contributed by atoms with Crippen LogP contribution in [0.2, 0.25) is 0 Å². The van der Waals surface area contributed by atoms with Gasteiger partial charge in [-0.25, -0.2) is 9.37 Å². The van der Waals surface area contributed by atoms with Gasteiger partial charge in [0.25, 0.3) is 5.56 Å². The Morgan fingerprint density at radius 2 is 1.97 bits per heavy atom. The second-order valence-electron chi connectivity index (χ2n) is 8.49. The number of fused-ring (bicyclic) bond motifs is 1. The Morgan fingerprint density at radius 1 is 1.21 bits per heavy atom. The van der Waals surface area contributed by atoms with Gasteiger partial charge in [0.1, 0.15) is 23.3 Å². The van der Waals surface area contributed by atoms with Gasteiger partial charge in [-0.3, -0.25) is 9.20 Å². The van der Waals surface area contributed by atoms with E-state index >= 15 is 0 Å². The van der Waals surface area contributed by atoms with E-state index in [0.29, 0.717) is 41.5 Å². The lowest BCUT2D eigenvalue weighted by Crippen LogP contribution is -2.22. The maximum Gasteiger partial charge on any atom is 0.263 e. The van der Waals surface area contributed by atoms with Gasteiger partial charge < -0.3 is 11.1 Å². The first-order chi connectivity index (χ1) is 16.5. The third-order valence-electron chi connectivity index (χ3n) is 6.18. The molecular formula is C26H23FN6O. The van der Waals surface area contributed by atoms with E-state index in [9.17, 15) is 14.4 Å². The molecule has 3 N–H and O–H groups in total. The Hall–Kier alpha value is -4.25. The molecule has 3 heterocycles. The lowest BCUT2D eigenvalue weighted by atomic mass is 9.91. The van der Waals surface area contributed by atoms with Gasteiger partial charge in [-0.1, -0.05) is 30.3 Å². The number of hydrogen-bond donors (Lipinski definition) is 2. The molecule has 5 rings (SSSR count).